The third-order valence-corrected chi connectivity index (χ3v) is 11.8. The van der Waals surface area contributed by atoms with Crippen molar-refractivity contribution in [2.24, 2.45) is 0 Å². The van der Waals surface area contributed by atoms with Crippen LogP contribution in [-0.2, 0) is 5.41 Å². The van der Waals surface area contributed by atoms with Crippen LogP contribution in [0.15, 0.2) is 164 Å². The molecule has 1 heterocycles. The van der Waals surface area contributed by atoms with E-state index < -0.39 is 0 Å². The van der Waals surface area contributed by atoms with Crippen molar-refractivity contribution in [3.8, 4) is 33.4 Å². The Morgan fingerprint density at radius 1 is 0.353 bits per heavy atom. The lowest BCUT2D eigenvalue weighted by Crippen LogP contribution is -2.13. The van der Waals surface area contributed by atoms with Crippen molar-refractivity contribution in [1.82, 2.24) is 0 Å². The van der Waals surface area contributed by atoms with Crippen LogP contribution in [0.1, 0.15) is 26.3 Å². The lowest BCUT2D eigenvalue weighted by molar-refractivity contribution is 0.601. The first-order chi connectivity index (χ1) is 25.0. The van der Waals surface area contributed by atoms with E-state index in [1.165, 1.54) is 102 Å². The van der Waals surface area contributed by atoms with Gasteiger partial charge in [0, 0.05) is 20.2 Å². The van der Waals surface area contributed by atoms with E-state index >= 15 is 0 Å². The quantitative estimate of drug-likeness (QED) is 0.164. The van der Waals surface area contributed by atoms with E-state index in [1.807, 2.05) is 11.3 Å². The largest absolute Gasteiger partial charge is 0.135 e. The summed E-state index contributed by atoms with van der Waals surface area (Å²) in [4.78, 5) is 0. The van der Waals surface area contributed by atoms with E-state index in [0.29, 0.717) is 0 Å². The van der Waals surface area contributed by atoms with Gasteiger partial charge in [-0.15, -0.1) is 11.3 Å². The van der Waals surface area contributed by atoms with Crippen molar-refractivity contribution < 1.29 is 0 Å². The smallest absolute Gasteiger partial charge is 0.0361 e. The maximum atomic E-state index is 2.44. The van der Waals surface area contributed by atoms with E-state index in [1.54, 1.807) is 0 Å². The Morgan fingerprint density at radius 3 is 1.35 bits per heavy atom. The Labute approximate surface area is 302 Å². The first-order valence-corrected chi connectivity index (χ1v) is 18.7. The van der Waals surface area contributed by atoms with Gasteiger partial charge in [-0.25, -0.2) is 0 Å². The molecule has 1 aromatic heterocycles. The highest BCUT2D eigenvalue weighted by Crippen LogP contribution is 2.49. The minimum absolute atomic E-state index is 0.00284. The second-order valence-corrected chi connectivity index (χ2v) is 15.9. The molecule has 0 unspecified atom stereocenters. The fourth-order valence-corrected chi connectivity index (χ4v) is 9.94. The normalized spacial score (nSPS) is 12.2. The Kier molecular flexibility index (Phi) is 6.72. The van der Waals surface area contributed by atoms with Crippen LogP contribution >= 0.6 is 11.3 Å². The predicted octanol–water partition coefficient (Wildman–Crippen LogP) is 15.0. The molecule has 0 N–H and O–H groups in total. The Bertz CT molecular complexity index is 2880. The van der Waals surface area contributed by atoms with Crippen LogP contribution in [0.25, 0.3) is 96.6 Å². The summed E-state index contributed by atoms with van der Waals surface area (Å²) in [5.41, 5.74) is 9.17. The lowest BCUT2D eigenvalue weighted by Gasteiger charge is -2.26. The summed E-state index contributed by atoms with van der Waals surface area (Å²) < 4.78 is 2.64. The number of hydrogen-bond donors (Lipinski definition) is 0. The zero-order chi connectivity index (χ0) is 34.3. The van der Waals surface area contributed by atoms with Crippen LogP contribution in [0.2, 0.25) is 0 Å². The Hall–Kier alpha value is -5.76. The molecule has 0 saturated carbocycles. The molecule has 0 radical (unpaired) electrons. The molecule has 0 atom stereocenters. The van der Waals surface area contributed by atoms with Crippen molar-refractivity contribution in [2.45, 2.75) is 26.2 Å². The van der Waals surface area contributed by atoms with Gasteiger partial charge in [-0.2, -0.15) is 0 Å². The number of benzene rings is 9. The molecule has 0 saturated heterocycles. The van der Waals surface area contributed by atoms with Crippen molar-refractivity contribution in [1.29, 1.82) is 0 Å². The van der Waals surface area contributed by atoms with Gasteiger partial charge in [-0.1, -0.05) is 172 Å². The van der Waals surface area contributed by atoms with Crippen LogP contribution in [-0.4, -0.2) is 0 Å². The maximum absolute atomic E-state index is 2.44. The predicted molar refractivity (Wildman–Crippen MR) is 224 cm³/mol. The van der Waals surface area contributed by atoms with Crippen molar-refractivity contribution >= 4 is 74.6 Å². The number of thiophene rings is 1. The SMILES string of the molecule is CC(C)(C)c1c2ccccc2c(-c2cccc3sc4cc(-c5c6ccccc6c(-c6ccccc6)c6ccccc56)ccc4c23)c2ccccc12. The second kappa shape index (κ2) is 11.4. The molecule has 51 heavy (non-hydrogen) atoms. The van der Waals surface area contributed by atoms with Crippen LogP contribution in [0.5, 0.6) is 0 Å². The van der Waals surface area contributed by atoms with Gasteiger partial charge in [0.25, 0.3) is 0 Å². The van der Waals surface area contributed by atoms with Gasteiger partial charge in [-0.3, -0.25) is 0 Å². The first kappa shape index (κ1) is 30.1. The molecule has 0 amide bonds. The van der Waals surface area contributed by atoms with Crippen molar-refractivity contribution in [2.75, 3.05) is 0 Å². The molecule has 1 heteroatoms. The van der Waals surface area contributed by atoms with Crippen LogP contribution in [0.3, 0.4) is 0 Å². The fraction of sp³-hybridized carbons (Fsp3) is 0.0800. The van der Waals surface area contributed by atoms with E-state index in [-0.39, 0.29) is 5.41 Å². The molecule has 0 bridgehead atoms. The first-order valence-electron chi connectivity index (χ1n) is 17.9. The van der Waals surface area contributed by atoms with Crippen molar-refractivity contribution in [3.05, 3.63) is 169 Å². The third-order valence-electron chi connectivity index (χ3n) is 10.7. The molecule has 242 valence electrons. The average molecular weight is 669 g/mol. The molecule has 9 aromatic carbocycles. The highest BCUT2D eigenvalue weighted by Gasteiger charge is 2.25. The summed E-state index contributed by atoms with van der Waals surface area (Å²) in [6.45, 7) is 7.02. The minimum atomic E-state index is 0.00284. The molecule has 0 fully saturated rings. The van der Waals surface area contributed by atoms with Gasteiger partial charge >= 0.3 is 0 Å². The van der Waals surface area contributed by atoms with E-state index in [2.05, 4.69) is 185 Å². The summed E-state index contributed by atoms with van der Waals surface area (Å²) in [6.07, 6.45) is 0. The zero-order valence-electron chi connectivity index (χ0n) is 29.0. The van der Waals surface area contributed by atoms with Crippen LogP contribution < -0.4 is 0 Å². The fourth-order valence-electron chi connectivity index (χ4n) is 8.77. The van der Waals surface area contributed by atoms with Gasteiger partial charge in [0.2, 0.25) is 0 Å². The summed E-state index contributed by atoms with van der Waals surface area (Å²) in [5.74, 6) is 0. The van der Waals surface area contributed by atoms with E-state index in [0.717, 1.165) is 0 Å². The van der Waals surface area contributed by atoms with Crippen molar-refractivity contribution in [3.63, 3.8) is 0 Å². The number of hydrogen-bond acceptors (Lipinski definition) is 1. The summed E-state index contributed by atoms with van der Waals surface area (Å²) in [6, 6.07) is 60.9. The number of rotatable bonds is 3. The monoisotopic (exact) mass is 668 g/mol. The van der Waals surface area contributed by atoms with Crippen LogP contribution in [0, 0.1) is 0 Å². The summed E-state index contributed by atoms with van der Waals surface area (Å²) >= 11 is 1.91. The summed E-state index contributed by atoms with van der Waals surface area (Å²) in [5, 5.41) is 13.1. The molecule has 0 nitrogen and oxygen atoms in total. The molecular weight excluding hydrogens is 633 g/mol. The highest BCUT2D eigenvalue weighted by atomic mass is 32.1. The highest BCUT2D eigenvalue weighted by molar-refractivity contribution is 7.26. The molecule has 0 aliphatic rings. The lowest BCUT2D eigenvalue weighted by atomic mass is 9.77. The molecule has 10 aromatic rings. The van der Waals surface area contributed by atoms with Crippen LogP contribution in [0.4, 0.5) is 0 Å². The average Bonchev–Trinajstić information content (AvgIpc) is 3.54. The van der Waals surface area contributed by atoms with E-state index in [4.69, 9.17) is 0 Å². The minimum Gasteiger partial charge on any atom is -0.135 e. The van der Waals surface area contributed by atoms with E-state index in [9.17, 15) is 0 Å². The summed E-state index contributed by atoms with van der Waals surface area (Å²) in [7, 11) is 0. The van der Waals surface area contributed by atoms with Gasteiger partial charge in [0.15, 0.2) is 0 Å². The standard InChI is InChI=1S/C50H36S/c1-50(2,3)49-39-24-13-11-22-37(39)47(38-23-12-14-25-40(38)49)42-26-15-27-43-48(42)41-29-28-32(30-44(41)51-43)46-35-20-9-7-18-33(35)45(31-16-5-4-6-17-31)34-19-8-10-21-36(34)46/h4-30H,1-3H3. The Balaban J connectivity index is 1.26. The van der Waals surface area contributed by atoms with Gasteiger partial charge < -0.3 is 0 Å². The second-order valence-electron chi connectivity index (χ2n) is 14.8. The molecule has 0 spiro atoms. The molecule has 10 rings (SSSR count). The topological polar surface area (TPSA) is 0 Å². The third kappa shape index (κ3) is 4.58. The van der Waals surface area contributed by atoms with Gasteiger partial charge in [-0.05, 0) is 99.6 Å². The molecule has 0 aliphatic carbocycles. The molecular formula is C50H36S. The maximum Gasteiger partial charge on any atom is 0.0361 e. The zero-order valence-corrected chi connectivity index (χ0v) is 29.8. The Morgan fingerprint density at radius 2 is 0.824 bits per heavy atom. The van der Waals surface area contributed by atoms with Gasteiger partial charge in [0.1, 0.15) is 0 Å². The van der Waals surface area contributed by atoms with Gasteiger partial charge in [0.05, 0.1) is 0 Å². The number of fused-ring (bicyclic) bond motifs is 7. The molecule has 0 aliphatic heterocycles.